The minimum absolute atomic E-state index is 0.937. The molecule has 2 heterocycles. The van der Waals surface area contributed by atoms with Gasteiger partial charge in [-0.1, -0.05) is 17.8 Å². The van der Waals surface area contributed by atoms with E-state index in [-0.39, 0.29) is 0 Å². The molecule has 0 radical (unpaired) electrons. The Balaban J connectivity index is 1.82. The highest BCUT2D eigenvalue weighted by Gasteiger charge is 2.05. The summed E-state index contributed by atoms with van der Waals surface area (Å²) in [5.74, 6) is 1.05. The molecule has 2 nitrogen and oxygen atoms in total. The van der Waals surface area contributed by atoms with E-state index in [1.165, 1.54) is 4.88 Å². The van der Waals surface area contributed by atoms with Crippen molar-refractivity contribution in [1.82, 2.24) is 5.32 Å². The number of thioether (sulfide) groups is 1. The molecule has 2 rings (SSSR count). The number of amidine groups is 1. The number of hydrogen-bond donors (Lipinski definition) is 1. The van der Waals surface area contributed by atoms with Gasteiger partial charge in [0.15, 0.2) is 5.17 Å². The van der Waals surface area contributed by atoms with Crippen LogP contribution in [0.25, 0.3) is 0 Å². The highest BCUT2D eigenvalue weighted by molar-refractivity contribution is 8.13. The summed E-state index contributed by atoms with van der Waals surface area (Å²) in [6.07, 6.45) is 0. The normalized spacial score (nSPS) is 15.8. The molecule has 1 aromatic rings. The molecule has 1 aromatic heterocycles. The van der Waals surface area contributed by atoms with Crippen LogP contribution in [0.2, 0.25) is 0 Å². The second kappa shape index (κ2) is 3.96. The summed E-state index contributed by atoms with van der Waals surface area (Å²) in [6.45, 7) is 1.94. The van der Waals surface area contributed by atoms with Crippen LogP contribution in [0.15, 0.2) is 22.5 Å². The van der Waals surface area contributed by atoms with E-state index >= 15 is 0 Å². The summed E-state index contributed by atoms with van der Waals surface area (Å²) in [7, 11) is 0. The third kappa shape index (κ3) is 2.01. The van der Waals surface area contributed by atoms with Gasteiger partial charge in [0, 0.05) is 17.2 Å². The number of hydrogen-bond acceptors (Lipinski definition) is 4. The minimum atomic E-state index is 0.937. The molecule has 0 fully saturated rings. The highest BCUT2D eigenvalue weighted by Crippen LogP contribution is 2.18. The van der Waals surface area contributed by atoms with Crippen LogP contribution < -0.4 is 5.32 Å². The van der Waals surface area contributed by atoms with E-state index in [9.17, 15) is 0 Å². The quantitative estimate of drug-likeness (QED) is 0.785. The first-order valence-electron chi connectivity index (χ1n) is 3.88. The van der Waals surface area contributed by atoms with Gasteiger partial charge in [-0.05, 0) is 11.4 Å². The van der Waals surface area contributed by atoms with E-state index in [2.05, 4.69) is 27.8 Å². The molecule has 0 saturated heterocycles. The lowest BCUT2D eigenvalue weighted by Crippen LogP contribution is -2.14. The van der Waals surface area contributed by atoms with Gasteiger partial charge in [-0.3, -0.25) is 4.99 Å². The average molecular weight is 198 g/mol. The fourth-order valence-corrected chi connectivity index (χ4v) is 2.71. The monoisotopic (exact) mass is 198 g/mol. The van der Waals surface area contributed by atoms with Crippen molar-refractivity contribution in [2.75, 3.05) is 13.1 Å². The van der Waals surface area contributed by atoms with E-state index in [0.717, 1.165) is 24.0 Å². The van der Waals surface area contributed by atoms with E-state index < -0.39 is 0 Å². The van der Waals surface area contributed by atoms with Crippen molar-refractivity contribution in [3.05, 3.63) is 22.4 Å². The van der Waals surface area contributed by atoms with E-state index in [0.29, 0.717) is 0 Å². The average Bonchev–Trinajstić information content (AvgIpc) is 2.74. The van der Waals surface area contributed by atoms with Gasteiger partial charge >= 0.3 is 0 Å². The van der Waals surface area contributed by atoms with Crippen LogP contribution in [0.3, 0.4) is 0 Å². The standard InChI is InChI=1S/C8H10N2S2/c1-2-7(11-5-1)6-12-8-9-3-4-10-8/h1-2,5H,3-4,6H2,(H,9,10). The number of aliphatic imine (C=N–C) groups is 1. The Labute approximate surface area is 80.1 Å². The van der Waals surface area contributed by atoms with Crippen LogP contribution in [0.5, 0.6) is 0 Å². The molecule has 12 heavy (non-hydrogen) atoms. The van der Waals surface area contributed by atoms with Crippen molar-refractivity contribution in [3.8, 4) is 0 Å². The molecule has 0 spiro atoms. The third-order valence-electron chi connectivity index (χ3n) is 1.57. The largest absolute Gasteiger partial charge is 0.363 e. The molecule has 64 valence electrons. The molecule has 0 amide bonds. The molecule has 1 aliphatic rings. The lowest BCUT2D eigenvalue weighted by molar-refractivity contribution is 0.963. The molecule has 0 atom stereocenters. The topological polar surface area (TPSA) is 24.4 Å². The summed E-state index contributed by atoms with van der Waals surface area (Å²) in [5, 5.41) is 6.45. The van der Waals surface area contributed by atoms with E-state index in [1.54, 1.807) is 23.1 Å². The summed E-state index contributed by atoms with van der Waals surface area (Å²) in [6, 6.07) is 4.25. The zero-order valence-corrected chi connectivity index (χ0v) is 8.25. The number of rotatable bonds is 2. The Morgan fingerprint density at radius 2 is 2.67 bits per heavy atom. The van der Waals surface area contributed by atoms with Crippen LogP contribution in [0.1, 0.15) is 4.88 Å². The lowest BCUT2D eigenvalue weighted by atomic mass is 10.5. The summed E-state index contributed by atoms with van der Waals surface area (Å²) in [4.78, 5) is 5.72. The predicted octanol–water partition coefficient (Wildman–Crippen LogP) is 1.94. The molecule has 0 saturated carbocycles. The maximum atomic E-state index is 4.31. The number of nitrogens with zero attached hydrogens (tertiary/aromatic N) is 1. The lowest BCUT2D eigenvalue weighted by Gasteiger charge is -1.98. The van der Waals surface area contributed by atoms with Gasteiger partial charge in [0.05, 0.1) is 6.54 Å². The van der Waals surface area contributed by atoms with Crippen LogP contribution in [-0.2, 0) is 5.75 Å². The van der Waals surface area contributed by atoms with Crippen molar-refractivity contribution in [1.29, 1.82) is 0 Å². The summed E-state index contributed by atoms with van der Waals surface area (Å²) >= 11 is 3.59. The Hall–Kier alpha value is -0.480. The maximum absolute atomic E-state index is 4.31. The van der Waals surface area contributed by atoms with Crippen molar-refractivity contribution in [2.45, 2.75) is 5.75 Å². The van der Waals surface area contributed by atoms with E-state index in [4.69, 9.17) is 0 Å². The summed E-state index contributed by atoms with van der Waals surface area (Å²) < 4.78 is 0. The van der Waals surface area contributed by atoms with Crippen LogP contribution in [-0.4, -0.2) is 18.3 Å². The molecular weight excluding hydrogens is 188 g/mol. The van der Waals surface area contributed by atoms with Crippen LogP contribution >= 0.6 is 23.1 Å². The molecule has 0 aliphatic carbocycles. The first kappa shape index (κ1) is 8.13. The zero-order chi connectivity index (χ0) is 8.23. The van der Waals surface area contributed by atoms with Gasteiger partial charge in [-0.2, -0.15) is 0 Å². The summed E-state index contributed by atoms with van der Waals surface area (Å²) in [5.41, 5.74) is 0. The van der Waals surface area contributed by atoms with Crippen molar-refractivity contribution >= 4 is 28.3 Å². The fraction of sp³-hybridized carbons (Fsp3) is 0.375. The Morgan fingerprint density at radius 3 is 3.33 bits per heavy atom. The van der Waals surface area contributed by atoms with Crippen LogP contribution in [0, 0.1) is 0 Å². The zero-order valence-electron chi connectivity index (χ0n) is 6.62. The van der Waals surface area contributed by atoms with Gasteiger partial charge in [0.2, 0.25) is 0 Å². The van der Waals surface area contributed by atoms with E-state index in [1.807, 2.05) is 0 Å². The molecule has 0 unspecified atom stereocenters. The highest BCUT2D eigenvalue weighted by atomic mass is 32.2. The number of thiophene rings is 1. The van der Waals surface area contributed by atoms with Crippen molar-refractivity contribution in [3.63, 3.8) is 0 Å². The van der Waals surface area contributed by atoms with Gasteiger partial charge in [-0.25, -0.2) is 0 Å². The molecule has 1 aliphatic heterocycles. The van der Waals surface area contributed by atoms with Gasteiger partial charge in [0.25, 0.3) is 0 Å². The Kier molecular flexibility index (Phi) is 2.68. The van der Waals surface area contributed by atoms with Gasteiger partial charge in [-0.15, -0.1) is 11.3 Å². The molecule has 1 N–H and O–H groups in total. The first-order chi connectivity index (χ1) is 5.95. The molecule has 0 bridgehead atoms. The Morgan fingerprint density at radius 1 is 1.67 bits per heavy atom. The molecular formula is C8H10N2S2. The molecule has 4 heteroatoms. The van der Waals surface area contributed by atoms with Crippen molar-refractivity contribution in [2.24, 2.45) is 4.99 Å². The second-order valence-corrected chi connectivity index (χ2v) is 4.48. The van der Waals surface area contributed by atoms with Gasteiger partial charge in [0.1, 0.15) is 0 Å². The number of nitrogens with one attached hydrogen (secondary N) is 1. The predicted molar refractivity (Wildman–Crippen MR) is 55.9 cm³/mol. The van der Waals surface area contributed by atoms with Gasteiger partial charge < -0.3 is 5.32 Å². The smallest absolute Gasteiger partial charge is 0.157 e. The third-order valence-corrected chi connectivity index (χ3v) is 3.64. The van der Waals surface area contributed by atoms with Crippen molar-refractivity contribution < 1.29 is 0 Å². The maximum Gasteiger partial charge on any atom is 0.157 e. The fourth-order valence-electron chi connectivity index (χ4n) is 1.01. The second-order valence-electron chi connectivity index (χ2n) is 2.48. The first-order valence-corrected chi connectivity index (χ1v) is 5.75. The molecule has 0 aromatic carbocycles. The Bertz CT molecular complexity index is 267. The van der Waals surface area contributed by atoms with Crippen LogP contribution in [0.4, 0.5) is 0 Å². The SMILES string of the molecule is c1csc(CSC2=NCCN2)c1. The minimum Gasteiger partial charge on any atom is -0.363 e.